The Morgan fingerprint density at radius 1 is 1.26 bits per heavy atom. The van der Waals surface area contributed by atoms with E-state index >= 15 is 0 Å². The van der Waals surface area contributed by atoms with Crippen LogP contribution in [0.1, 0.15) is 52.4 Å². The van der Waals surface area contributed by atoms with Gasteiger partial charge in [-0.3, -0.25) is 9.69 Å². The van der Waals surface area contributed by atoms with Gasteiger partial charge in [0, 0.05) is 25.7 Å². The second kappa shape index (κ2) is 6.23. The molecule has 2 aliphatic rings. The summed E-state index contributed by atoms with van der Waals surface area (Å²) in [6.07, 6.45) is 7.71. The molecule has 0 aromatic heterocycles. The minimum absolute atomic E-state index is 0.123. The Kier molecular flexibility index (Phi) is 4.85. The molecule has 19 heavy (non-hydrogen) atoms. The standard InChI is InChI=1S/C15H29N3O/c1-15(2)10-17-14(19)13(9-16)18(11-15)12-7-5-3-4-6-8-12/h12-13H,3-11,16H2,1-2H3,(H,17,19). The van der Waals surface area contributed by atoms with E-state index in [1.807, 2.05) is 0 Å². The Balaban J connectivity index is 2.17. The topological polar surface area (TPSA) is 58.4 Å². The van der Waals surface area contributed by atoms with Crippen molar-refractivity contribution in [3.05, 3.63) is 0 Å². The molecule has 1 aliphatic heterocycles. The maximum Gasteiger partial charge on any atom is 0.238 e. The lowest BCUT2D eigenvalue weighted by Crippen LogP contribution is -2.53. The molecule has 0 aromatic carbocycles. The van der Waals surface area contributed by atoms with Gasteiger partial charge in [-0.2, -0.15) is 0 Å². The molecule has 0 aromatic rings. The summed E-state index contributed by atoms with van der Waals surface area (Å²) in [5.41, 5.74) is 6.02. The Hall–Kier alpha value is -0.610. The molecule has 2 rings (SSSR count). The van der Waals surface area contributed by atoms with Gasteiger partial charge >= 0.3 is 0 Å². The molecule has 110 valence electrons. The van der Waals surface area contributed by atoms with Gasteiger partial charge in [-0.25, -0.2) is 0 Å². The van der Waals surface area contributed by atoms with Crippen LogP contribution in [0.3, 0.4) is 0 Å². The van der Waals surface area contributed by atoms with E-state index in [0.717, 1.165) is 13.1 Å². The molecule has 1 unspecified atom stereocenters. The highest BCUT2D eigenvalue weighted by atomic mass is 16.2. The molecule has 1 saturated heterocycles. The van der Waals surface area contributed by atoms with E-state index in [4.69, 9.17) is 5.73 Å². The van der Waals surface area contributed by atoms with Crippen molar-refractivity contribution in [3.63, 3.8) is 0 Å². The monoisotopic (exact) mass is 267 g/mol. The smallest absolute Gasteiger partial charge is 0.238 e. The molecule has 0 spiro atoms. The second-order valence-corrected chi connectivity index (χ2v) is 6.95. The summed E-state index contributed by atoms with van der Waals surface area (Å²) in [6, 6.07) is 0.407. The fourth-order valence-electron chi connectivity index (χ4n) is 3.47. The van der Waals surface area contributed by atoms with Crippen molar-refractivity contribution in [1.82, 2.24) is 10.2 Å². The number of hydrogen-bond acceptors (Lipinski definition) is 3. The van der Waals surface area contributed by atoms with Crippen LogP contribution in [0, 0.1) is 5.41 Å². The van der Waals surface area contributed by atoms with Crippen LogP contribution in [0.15, 0.2) is 0 Å². The van der Waals surface area contributed by atoms with E-state index in [9.17, 15) is 4.79 Å². The first-order valence-electron chi connectivity index (χ1n) is 7.77. The van der Waals surface area contributed by atoms with E-state index in [2.05, 4.69) is 24.1 Å². The maximum atomic E-state index is 12.2. The molecule has 4 heteroatoms. The molecule has 1 atom stereocenters. The molecule has 1 saturated carbocycles. The Morgan fingerprint density at radius 3 is 2.47 bits per heavy atom. The zero-order valence-corrected chi connectivity index (χ0v) is 12.5. The first-order chi connectivity index (χ1) is 9.03. The van der Waals surface area contributed by atoms with Crippen LogP contribution in [-0.4, -0.2) is 42.5 Å². The lowest BCUT2D eigenvalue weighted by molar-refractivity contribution is -0.126. The van der Waals surface area contributed by atoms with Gasteiger partial charge in [-0.15, -0.1) is 0 Å². The van der Waals surface area contributed by atoms with E-state index in [-0.39, 0.29) is 17.4 Å². The van der Waals surface area contributed by atoms with Crippen LogP contribution in [0.5, 0.6) is 0 Å². The van der Waals surface area contributed by atoms with E-state index in [0.29, 0.717) is 12.6 Å². The zero-order chi connectivity index (χ0) is 13.9. The highest BCUT2D eigenvalue weighted by molar-refractivity contribution is 5.82. The van der Waals surface area contributed by atoms with Crippen molar-refractivity contribution in [2.45, 2.75) is 64.5 Å². The maximum absolute atomic E-state index is 12.2. The summed E-state index contributed by atoms with van der Waals surface area (Å²) in [5, 5.41) is 3.06. The molecular formula is C15H29N3O. The Labute approximate surface area is 117 Å². The van der Waals surface area contributed by atoms with Crippen molar-refractivity contribution >= 4 is 5.91 Å². The highest BCUT2D eigenvalue weighted by Crippen LogP contribution is 2.28. The highest BCUT2D eigenvalue weighted by Gasteiger charge is 2.37. The molecule has 1 aliphatic carbocycles. The number of carbonyl (C=O) groups is 1. The second-order valence-electron chi connectivity index (χ2n) is 6.95. The van der Waals surface area contributed by atoms with Gasteiger partial charge in [-0.1, -0.05) is 39.5 Å². The van der Waals surface area contributed by atoms with E-state index in [1.165, 1.54) is 38.5 Å². The van der Waals surface area contributed by atoms with Gasteiger partial charge in [0.25, 0.3) is 0 Å². The quantitative estimate of drug-likeness (QED) is 0.745. The van der Waals surface area contributed by atoms with Gasteiger partial charge < -0.3 is 11.1 Å². The molecule has 0 bridgehead atoms. The number of nitrogens with one attached hydrogen (secondary N) is 1. The fraction of sp³-hybridized carbons (Fsp3) is 0.933. The lowest BCUT2D eigenvalue weighted by atomic mass is 9.91. The number of nitrogens with two attached hydrogens (primary N) is 1. The SMILES string of the molecule is CC1(C)CNC(=O)C(CN)N(C2CCCCCC2)C1. The van der Waals surface area contributed by atoms with Gasteiger partial charge in [0.05, 0.1) is 0 Å². The van der Waals surface area contributed by atoms with Crippen LogP contribution in [-0.2, 0) is 4.79 Å². The van der Waals surface area contributed by atoms with Crippen LogP contribution in [0.2, 0.25) is 0 Å². The van der Waals surface area contributed by atoms with Crippen molar-refractivity contribution in [3.8, 4) is 0 Å². The van der Waals surface area contributed by atoms with Crippen LogP contribution in [0.4, 0.5) is 0 Å². The number of rotatable bonds is 2. The van der Waals surface area contributed by atoms with Gasteiger partial charge in [0.2, 0.25) is 5.91 Å². The van der Waals surface area contributed by atoms with Gasteiger partial charge in [-0.05, 0) is 18.3 Å². The third kappa shape index (κ3) is 3.69. The number of amides is 1. The molecule has 2 fully saturated rings. The lowest BCUT2D eigenvalue weighted by Gasteiger charge is -2.38. The molecule has 0 radical (unpaired) electrons. The van der Waals surface area contributed by atoms with Crippen molar-refractivity contribution in [2.75, 3.05) is 19.6 Å². The van der Waals surface area contributed by atoms with Gasteiger partial charge in [0.15, 0.2) is 0 Å². The summed E-state index contributed by atoms with van der Waals surface area (Å²) in [4.78, 5) is 14.6. The van der Waals surface area contributed by atoms with Crippen molar-refractivity contribution in [1.29, 1.82) is 0 Å². The summed E-state index contributed by atoms with van der Waals surface area (Å²) < 4.78 is 0. The first kappa shape index (κ1) is 14.8. The van der Waals surface area contributed by atoms with Crippen LogP contribution in [0.25, 0.3) is 0 Å². The fourth-order valence-corrected chi connectivity index (χ4v) is 3.47. The summed E-state index contributed by atoms with van der Waals surface area (Å²) in [7, 11) is 0. The molecule has 1 amide bonds. The summed E-state index contributed by atoms with van der Waals surface area (Å²) in [6.45, 7) is 6.62. The van der Waals surface area contributed by atoms with Crippen LogP contribution < -0.4 is 11.1 Å². The predicted octanol–water partition coefficient (Wildman–Crippen LogP) is 1.49. The Bertz CT molecular complexity index is 309. The summed E-state index contributed by atoms with van der Waals surface area (Å²) in [5.74, 6) is 0.123. The molecular weight excluding hydrogens is 238 g/mol. The summed E-state index contributed by atoms with van der Waals surface area (Å²) >= 11 is 0. The minimum atomic E-state index is -0.134. The van der Waals surface area contributed by atoms with Crippen molar-refractivity contribution < 1.29 is 4.79 Å². The normalized spacial score (nSPS) is 30.5. The van der Waals surface area contributed by atoms with Crippen LogP contribution >= 0.6 is 0 Å². The van der Waals surface area contributed by atoms with E-state index in [1.54, 1.807) is 0 Å². The van der Waals surface area contributed by atoms with Gasteiger partial charge in [0.1, 0.15) is 6.04 Å². The molecule has 1 heterocycles. The minimum Gasteiger partial charge on any atom is -0.354 e. The zero-order valence-electron chi connectivity index (χ0n) is 12.5. The Morgan fingerprint density at radius 2 is 1.89 bits per heavy atom. The predicted molar refractivity (Wildman–Crippen MR) is 77.8 cm³/mol. The van der Waals surface area contributed by atoms with E-state index < -0.39 is 0 Å². The average molecular weight is 267 g/mol. The largest absolute Gasteiger partial charge is 0.354 e. The number of hydrogen-bond donors (Lipinski definition) is 2. The average Bonchev–Trinajstić information content (AvgIpc) is 2.69. The molecule has 3 N–H and O–H groups in total. The molecule has 4 nitrogen and oxygen atoms in total. The first-order valence-corrected chi connectivity index (χ1v) is 7.77. The van der Waals surface area contributed by atoms with Crippen molar-refractivity contribution in [2.24, 2.45) is 11.1 Å². The number of carbonyl (C=O) groups excluding carboxylic acids is 1. The number of nitrogens with zero attached hydrogens (tertiary/aromatic N) is 1. The third-order valence-corrected chi connectivity index (χ3v) is 4.57. The third-order valence-electron chi connectivity index (χ3n) is 4.57.